The van der Waals surface area contributed by atoms with Gasteiger partial charge in [-0.2, -0.15) is 0 Å². The third-order valence-electron chi connectivity index (χ3n) is 5.97. The summed E-state index contributed by atoms with van der Waals surface area (Å²) in [4.78, 5) is 23.7. The fourth-order valence-electron chi connectivity index (χ4n) is 4.52. The Kier molecular flexibility index (Phi) is 5.57. The van der Waals surface area contributed by atoms with E-state index in [4.69, 9.17) is 4.74 Å². The molecule has 2 unspecified atom stereocenters. The van der Waals surface area contributed by atoms with Crippen molar-refractivity contribution in [3.05, 3.63) is 106 Å². The molecule has 0 radical (unpaired) electrons. The molecule has 1 aliphatic rings. The molecule has 1 N–H and O–H groups in total. The predicted octanol–water partition coefficient (Wildman–Crippen LogP) is 4.15. The maximum Gasteiger partial charge on any atom is 0.323 e. The number of carbonyl (C=O) groups is 1. The van der Waals surface area contributed by atoms with Crippen LogP contribution in [0.2, 0.25) is 0 Å². The third-order valence-corrected chi connectivity index (χ3v) is 5.97. The van der Waals surface area contributed by atoms with Gasteiger partial charge in [0.15, 0.2) is 0 Å². The summed E-state index contributed by atoms with van der Waals surface area (Å²) in [6.07, 6.45) is 0.0125. The Morgan fingerprint density at radius 2 is 1.48 bits per heavy atom. The highest BCUT2D eigenvalue weighted by Gasteiger charge is 2.47. The largest absolute Gasteiger partial charge is 0.468 e. The first-order valence-electron chi connectivity index (χ1n) is 10.2. The van der Waals surface area contributed by atoms with Gasteiger partial charge in [0.1, 0.15) is 6.04 Å². The zero-order valence-electron chi connectivity index (χ0n) is 17.4. The van der Waals surface area contributed by atoms with Gasteiger partial charge in [-0.05, 0) is 27.8 Å². The zero-order chi connectivity index (χ0) is 22.0. The van der Waals surface area contributed by atoms with Crippen LogP contribution in [0.3, 0.4) is 0 Å². The van der Waals surface area contributed by atoms with Gasteiger partial charge in [0.05, 0.1) is 12.6 Å². The molecule has 0 bridgehead atoms. The molecule has 0 amide bonds. The fourth-order valence-corrected chi connectivity index (χ4v) is 4.52. The van der Waals surface area contributed by atoms with E-state index in [0.717, 1.165) is 27.8 Å². The summed E-state index contributed by atoms with van der Waals surface area (Å²) in [7, 11) is 1.31. The van der Waals surface area contributed by atoms with Gasteiger partial charge in [0.25, 0.3) is 0 Å². The van der Waals surface area contributed by atoms with Gasteiger partial charge < -0.3 is 4.74 Å². The van der Waals surface area contributed by atoms with Crippen molar-refractivity contribution in [3.8, 4) is 11.1 Å². The second-order valence-electron chi connectivity index (χ2n) is 7.80. The molecular weight excluding hydrogens is 392 g/mol. The minimum absolute atomic E-state index is 0.0125. The third kappa shape index (κ3) is 3.49. The van der Waals surface area contributed by atoms with Crippen LogP contribution in [0.5, 0.6) is 0 Å². The molecule has 0 aliphatic heterocycles. The Balaban J connectivity index is 1.94. The average Bonchev–Trinajstić information content (AvgIpc) is 3.09. The first-order valence-corrected chi connectivity index (χ1v) is 10.2. The summed E-state index contributed by atoms with van der Waals surface area (Å²) < 4.78 is 5.04. The Morgan fingerprint density at radius 1 is 0.968 bits per heavy atom. The molecule has 0 saturated carbocycles. The number of hydrogen-bond acceptors (Lipinski definition) is 5. The number of fused-ring (bicyclic) bond motifs is 3. The average molecular weight is 416 g/mol. The Labute approximate surface area is 181 Å². The molecule has 6 heteroatoms. The summed E-state index contributed by atoms with van der Waals surface area (Å²) in [5, 5.41) is 14.9. The lowest BCUT2D eigenvalue weighted by molar-refractivity contribution is -0.519. The summed E-state index contributed by atoms with van der Waals surface area (Å²) in [6.45, 7) is 1.50. The highest BCUT2D eigenvalue weighted by molar-refractivity contribution is 5.84. The number of methoxy groups -OCH3 is 1. The quantitative estimate of drug-likeness (QED) is 0.356. The van der Waals surface area contributed by atoms with E-state index in [1.807, 2.05) is 66.7 Å². The lowest BCUT2D eigenvalue weighted by Gasteiger charge is -2.37. The first kappa shape index (κ1) is 20.8. The fraction of sp³-hybridized carbons (Fsp3) is 0.240. The van der Waals surface area contributed by atoms with Crippen molar-refractivity contribution < 1.29 is 14.5 Å². The van der Waals surface area contributed by atoms with Crippen molar-refractivity contribution in [3.63, 3.8) is 0 Å². The lowest BCUT2D eigenvalue weighted by atomic mass is 9.79. The second-order valence-corrected chi connectivity index (χ2v) is 7.80. The number of hydrogen-bond donors (Lipinski definition) is 1. The van der Waals surface area contributed by atoms with Crippen molar-refractivity contribution >= 4 is 5.97 Å². The Hall–Kier alpha value is -3.51. The smallest absolute Gasteiger partial charge is 0.323 e. The zero-order valence-corrected chi connectivity index (χ0v) is 17.4. The van der Waals surface area contributed by atoms with Crippen LogP contribution < -0.4 is 5.32 Å². The lowest BCUT2D eigenvalue weighted by Crippen LogP contribution is -2.53. The molecule has 0 aromatic heterocycles. The summed E-state index contributed by atoms with van der Waals surface area (Å²) in [6, 6.07) is 24.2. The van der Waals surface area contributed by atoms with Crippen LogP contribution in [0.15, 0.2) is 78.9 Å². The molecule has 6 nitrogen and oxygen atoms in total. The highest BCUT2D eigenvalue weighted by Crippen LogP contribution is 2.51. The summed E-state index contributed by atoms with van der Waals surface area (Å²) >= 11 is 0. The van der Waals surface area contributed by atoms with E-state index in [1.54, 1.807) is 0 Å². The number of benzene rings is 3. The van der Waals surface area contributed by atoms with Crippen molar-refractivity contribution in [1.29, 1.82) is 0 Å². The molecule has 158 valence electrons. The van der Waals surface area contributed by atoms with E-state index in [2.05, 4.69) is 17.4 Å². The molecule has 0 fully saturated rings. The van der Waals surface area contributed by atoms with Gasteiger partial charge in [0.2, 0.25) is 6.04 Å². The molecule has 2 atom stereocenters. The van der Waals surface area contributed by atoms with E-state index in [-0.39, 0.29) is 11.3 Å². The minimum Gasteiger partial charge on any atom is -0.468 e. The topological polar surface area (TPSA) is 81.5 Å². The van der Waals surface area contributed by atoms with Crippen LogP contribution in [0, 0.1) is 10.1 Å². The molecular formula is C25H24N2O4. The van der Waals surface area contributed by atoms with E-state index < -0.39 is 23.6 Å². The minimum atomic E-state index is -0.906. The van der Waals surface area contributed by atoms with Crippen LogP contribution in [0.1, 0.15) is 30.0 Å². The van der Waals surface area contributed by atoms with E-state index in [9.17, 15) is 14.9 Å². The van der Waals surface area contributed by atoms with Crippen molar-refractivity contribution in [2.24, 2.45) is 0 Å². The number of nitrogens with one attached hydrogen (secondary N) is 1. The van der Waals surface area contributed by atoms with E-state index in [0.29, 0.717) is 0 Å². The number of nitro groups is 1. The van der Waals surface area contributed by atoms with Gasteiger partial charge in [-0.25, -0.2) is 0 Å². The summed E-state index contributed by atoms with van der Waals surface area (Å²) in [5.41, 5.74) is 4.26. The number of nitrogens with zero attached hydrogens (tertiary/aromatic N) is 1. The van der Waals surface area contributed by atoms with Crippen LogP contribution >= 0.6 is 0 Å². The van der Waals surface area contributed by atoms with Crippen molar-refractivity contribution in [2.75, 3.05) is 7.11 Å². The number of rotatable bonds is 7. The molecule has 3 aromatic rings. The van der Waals surface area contributed by atoms with Crippen molar-refractivity contribution in [1.82, 2.24) is 5.32 Å². The maximum atomic E-state index is 12.7. The standard InChI is InChI=1S/C25H24N2O4/c1-17(27(29)30)16-23(24(28)31-2)26-25(18-10-4-3-5-11-18)21-14-8-6-12-19(21)20-13-7-9-15-22(20)25/h3-15,17,23,26H,16H2,1-2H3. The van der Waals surface area contributed by atoms with Gasteiger partial charge >= 0.3 is 5.97 Å². The molecule has 0 saturated heterocycles. The predicted molar refractivity (Wildman–Crippen MR) is 118 cm³/mol. The van der Waals surface area contributed by atoms with Crippen molar-refractivity contribution in [2.45, 2.75) is 31.0 Å². The molecule has 1 aliphatic carbocycles. The SMILES string of the molecule is COC(=O)C(CC(C)[N+](=O)[O-])NC1(c2ccccc2)c2ccccc2-c2ccccc21. The monoisotopic (exact) mass is 416 g/mol. The number of esters is 1. The molecule has 4 rings (SSSR count). The number of carbonyl (C=O) groups excluding carboxylic acids is 1. The van der Waals surface area contributed by atoms with Gasteiger partial charge in [0, 0.05) is 18.3 Å². The first-order chi connectivity index (χ1) is 15.0. The van der Waals surface area contributed by atoms with Gasteiger partial charge in [-0.3, -0.25) is 20.2 Å². The van der Waals surface area contributed by atoms with Crippen LogP contribution in [-0.2, 0) is 15.1 Å². The molecule has 31 heavy (non-hydrogen) atoms. The van der Waals surface area contributed by atoms with E-state index in [1.165, 1.54) is 14.0 Å². The van der Waals surface area contributed by atoms with Crippen LogP contribution in [0.4, 0.5) is 0 Å². The van der Waals surface area contributed by atoms with Crippen LogP contribution in [0.25, 0.3) is 11.1 Å². The Morgan fingerprint density at radius 3 is 2.00 bits per heavy atom. The highest BCUT2D eigenvalue weighted by atomic mass is 16.6. The Bertz CT molecular complexity index is 1070. The molecule has 0 spiro atoms. The molecule has 3 aromatic carbocycles. The van der Waals surface area contributed by atoms with Gasteiger partial charge in [-0.15, -0.1) is 0 Å². The number of ether oxygens (including phenoxy) is 1. The second kappa shape index (κ2) is 8.32. The maximum absolute atomic E-state index is 12.7. The summed E-state index contributed by atoms with van der Waals surface area (Å²) in [5.74, 6) is -0.522. The van der Waals surface area contributed by atoms with Gasteiger partial charge in [-0.1, -0.05) is 78.9 Å². The van der Waals surface area contributed by atoms with Crippen LogP contribution in [-0.4, -0.2) is 30.1 Å². The molecule has 0 heterocycles. The normalized spacial score (nSPS) is 15.4. The van der Waals surface area contributed by atoms with E-state index >= 15 is 0 Å².